The van der Waals surface area contributed by atoms with E-state index in [0.717, 1.165) is 70.6 Å². The molecule has 516 valence electrons. The maximum atomic E-state index is 12.8. The van der Waals surface area contributed by atoms with Gasteiger partial charge in [-0.15, -0.1) is 0 Å². The van der Waals surface area contributed by atoms with Gasteiger partial charge in [-0.2, -0.15) is 0 Å². The molecule has 0 saturated carbocycles. The summed E-state index contributed by atoms with van der Waals surface area (Å²) < 4.78 is 16.9. The maximum Gasteiger partial charge on any atom is 0.306 e. The summed E-state index contributed by atoms with van der Waals surface area (Å²) in [4.78, 5) is 48.7. The number of esters is 3. The molecular formula is C79H153NO7. The van der Waals surface area contributed by atoms with Crippen molar-refractivity contribution in [1.82, 2.24) is 0 Å². The Hall–Kier alpha value is -2.38. The molecule has 0 aromatic carbocycles. The van der Waals surface area contributed by atoms with Crippen molar-refractivity contribution in [3.05, 3.63) is 12.2 Å². The zero-order valence-corrected chi connectivity index (χ0v) is 59.3. The number of nitrogens with two attached hydrogens (primary N) is 1. The monoisotopic (exact) mass is 1230 g/mol. The van der Waals surface area contributed by atoms with E-state index in [2.05, 4.69) is 39.8 Å². The first-order chi connectivity index (χ1) is 42.8. The third kappa shape index (κ3) is 79.7. The van der Waals surface area contributed by atoms with Crippen LogP contribution < -0.4 is 5.73 Å². The Balaban J connectivity index is 0. The van der Waals surface area contributed by atoms with E-state index in [4.69, 9.17) is 19.9 Å². The van der Waals surface area contributed by atoms with Crippen LogP contribution in [0.4, 0.5) is 0 Å². The Morgan fingerprint density at radius 2 is 0.437 bits per heavy atom. The minimum absolute atomic E-state index is 0.0611. The highest BCUT2D eigenvalue weighted by atomic mass is 16.6. The van der Waals surface area contributed by atoms with Crippen LogP contribution >= 0.6 is 0 Å². The largest absolute Gasteiger partial charge is 0.462 e. The number of allylic oxidation sites excluding steroid dienone is 2. The number of carbonyl (C=O) groups excluding carboxylic acids is 4. The average Bonchev–Trinajstić information content (AvgIpc) is 3.56. The van der Waals surface area contributed by atoms with Crippen molar-refractivity contribution < 1.29 is 33.4 Å². The van der Waals surface area contributed by atoms with Crippen LogP contribution in [0, 0.1) is 0 Å². The third-order valence-electron chi connectivity index (χ3n) is 17.8. The van der Waals surface area contributed by atoms with Crippen LogP contribution in [-0.2, 0) is 33.4 Å². The molecule has 1 amide bonds. The van der Waals surface area contributed by atoms with Crippen LogP contribution in [0.2, 0.25) is 0 Å². The molecular weight excluding hydrogens is 1070 g/mol. The zero-order valence-electron chi connectivity index (χ0n) is 59.3. The molecule has 2 N–H and O–H groups in total. The number of carbonyl (C=O) groups is 4. The van der Waals surface area contributed by atoms with Gasteiger partial charge in [0.15, 0.2) is 6.10 Å². The highest BCUT2D eigenvalue weighted by Gasteiger charge is 2.20. The van der Waals surface area contributed by atoms with Crippen molar-refractivity contribution >= 4 is 23.8 Å². The van der Waals surface area contributed by atoms with E-state index in [1.165, 1.54) is 327 Å². The van der Waals surface area contributed by atoms with Crippen LogP contribution in [0.15, 0.2) is 12.2 Å². The van der Waals surface area contributed by atoms with Crippen LogP contribution in [0.5, 0.6) is 0 Å². The summed E-state index contributed by atoms with van der Waals surface area (Å²) in [6.45, 7) is 8.98. The van der Waals surface area contributed by atoms with Gasteiger partial charge in [0.1, 0.15) is 13.2 Å². The second-order valence-corrected chi connectivity index (χ2v) is 26.8. The number of unbranched alkanes of at least 4 members (excludes halogenated alkanes) is 57. The molecule has 0 atom stereocenters. The lowest BCUT2D eigenvalue weighted by molar-refractivity contribution is -0.167. The van der Waals surface area contributed by atoms with E-state index >= 15 is 0 Å². The Kier molecular flexibility index (Phi) is 77.6. The van der Waals surface area contributed by atoms with Gasteiger partial charge in [-0.3, -0.25) is 19.2 Å². The number of rotatable bonds is 72. The minimum atomic E-state index is -0.760. The Morgan fingerprint density at radius 1 is 0.253 bits per heavy atom. The number of primary amides is 1. The van der Waals surface area contributed by atoms with Crippen LogP contribution in [0.3, 0.4) is 0 Å². The van der Waals surface area contributed by atoms with Crippen LogP contribution in [-0.4, -0.2) is 43.1 Å². The summed E-state index contributed by atoms with van der Waals surface area (Å²) in [5.74, 6) is -0.989. The minimum Gasteiger partial charge on any atom is -0.462 e. The summed E-state index contributed by atoms with van der Waals surface area (Å²) in [6, 6.07) is 0. The fourth-order valence-corrected chi connectivity index (χ4v) is 11.9. The highest BCUT2D eigenvalue weighted by molar-refractivity contribution is 5.73. The molecule has 8 nitrogen and oxygen atoms in total. The van der Waals surface area contributed by atoms with E-state index in [1.807, 2.05) is 0 Å². The zero-order chi connectivity index (χ0) is 63.5. The van der Waals surface area contributed by atoms with Gasteiger partial charge in [0, 0.05) is 25.7 Å². The lowest BCUT2D eigenvalue weighted by atomic mass is 10.0. The molecule has 0 radical (unpaired) electrons. The SMILES string of the molecule is CCCCCCCC/C=C\CCCCCCCCCCCC(N)=O.CCCCCCCCCCCCCCCCCC(=O)OCC(COC(=O)CCCCCCCCCCCCCCCCC)OC(=O)CCCCCCCCCCCCCCCCC. The molecule has 0 rings (SSSR count). The van der Waals surface area contributed by atoms with Crippen molar-refractivity contribution in [2.24, 2.45) is 5.73 Å². The lowest BCUT2D eigenvalue weighted by Crippen LogP contribution is -2.30. The molecule has 0 aromatic heterocycles. The molecule has 0 heterocycles. The maximum absolute atomic E-state index is 12.8. The molecule has 0 fully saturated rings. The molecule has 0 aliphatic heterocycles. The predicted octanol–water partition coefficient (Wildman–Crippen LogP) is 25.8. The summed E-state index contributed by atoms with van der Waals surface area (Å²) in [5.41, 5.74) is 5.13. The molecule has 0 aliphatic carbocycles. The van der Waals surface area contributed by atoms with Gasteiger partial charge in [0.25, 0.3) is 0 Å². The van der Waals surface area contributed by atoms with Crippen molar-refractivity contribution in [2.45, 2.75) is 458 Å². The van der Waals surface area contributed by atoms with Gasteiger partial charge in [-0.1, -0.05) is 387 Å². The fourth-order valence-electron chi connectivity index (χ4n) is 11.9. The van der Waals surface area contributed by atoms with Crippen molar-refractivity contribution in [1.29, 1.82) is 0 Å². The Bertz CT molecular complexity index is 1350. The number of amides is 1. The van der Waals surface area contributed by atoms with E-state index in [-0.39, 0.29) is 37.0 Å². The molecule has 0 spiro atoms. The number of hydrogen-bond donors (Lipinski definition) is 1. The summed E-state index contributed by atoms with van der Waals surface area (Å²) in [5, 5.41) is 0. The van der Waals surface area contributed by atoms with Crippen molar-refractivity contribution in [3.8, 4) is 0 Å². The van der Waals surface area contributed by atoms with Gasteiger partial charge >= 0.3 is 17.9 Å². The molecule has 0 aliphatic rings. The van der Waals surface area contributed by atoms with E-state index in [1.54, 1.807) is 0 Å². The summed E-state index contributed by atoms with van der Waals surface area (Å²) in [6.07, 6.45) is 85.8. The normalized spacial score (nSPS) is 11.4. The molecule has 0 saturated heterocycles. The summed E-state index contributed by atoms with van der Waals surface area (Å²) >= 11 is 0. The van der Waals surface area contributed by atoms with Gasteiger partial charge in [0.05, 0.1) is 0 Å². The molecule has 87 heavy (non-hydrogen) atoms. The standard InChI is InChI=1S/C57H110O6.C22H43NO/c1-4-7-10-13-16-19-22-25-28-31-34-37-40-43-46-49-55(58)61-52-54(63-57(60)51-48-45-42-39-36-33-30-27-24-21-18-15-12-9-6-3)53-62-56(59)50-47-44-41-38-35-32-29-26-23-20-17-14-11-8-5-2;1-2-3-4-5-6-7-8-9-10-11-12-13-14-15-16-17-18-19-20-21-22(23)24/h54H,4-53H2,1-3H3;9-10H,2-8,11-21H2,1H3,(H2,23,24)/b;10-9-. The Labute approximate surface area is 543 Å². The number of ether oxygens (including phenoxy) is 3. The van der Waals surface area contributed by atoms with Crippen molar-refractivity contribution in [3.63, 3.8) is 0 Å². The van der Waals surface area contributed by atoms with E-state index in [9.17, 15) is 19.2 Å². The lowest BCUT2D eigenvalue weighted by Gasteiger charge is -2.18. The first kappa shape index (κ1) is 86.7. The molecule has 0 unspecified atom stereocenters. The third-order valence-corrected chi connectivity index (χ3v) is 17.8. The smallest absolute Gasteiger partial charge is 0.306 e. The topological polar surface area (TPSA) is 122 Å². The predicted molar refractivity (Wildman–Crippen MR) is 378 cm³/mol. The number of hydrogen-bond acceptors (Lipinski definition) is 7. The highest BCUT2D eigenvalue weighted by Crippen LogP contribution is 2.19. The van der Waals surface area contributed by atoms with Crippen molar-refractivity contribution in [2.75, 3.05) is 13.2 Å². The van der Waals surface area contributed by atoms with E-state index in [0.29, 0.717) is 25.7 Å². The van der Waals surface area contributed by atoms with E-state index < -0.39 is 6.10 Å². The first-order valence-corrected chi connectivity index (χ1v) is 39.2. The van der Waals surface area contributed by atoms with Gasteiger partial charge in [0.2, 0.25) is 5.91 Å². The van der Waals surface area contributed by atoms with Gasteiger partial charge < -0.3 is 19.9 Å². The summed E-state index contributed by atoms with van der Waals surface area (Å²) in [7, 11) is 0. The Morgan fingerprint density at radius 3 is 0.655 bits per heavy atom. The molecule has 0 aromatic rings. The molecule has 0 bridgehead atoms. The van der Waals surface area contributed by atoms with Crippen LogP contribution in [0.1, 0.15) is 451 Å². The van der Waals surface area contributed by atoms with Crippen LogP contribution in [0.25, 0.3) is 0 Å². The fraction of sp³-hybridized carbons (Fsp3) is 0.924. The first-order valence-electron chi connectivity index (χ1n) is 39.2. The average molecular weight is 1230 g/mol. The molecule has 8 heteroatoms. The van der Waals surface area contributed by atoms with Gasteiger partial charge in [-0.05, 0) is 51.4 Å². The second kappa shape index (κ2) is 77.9. The second-order valence-electron chi connectivity index (χ2n) is 26.8. The van der Waals surface area contributed by atoms with Gasteiger partial charge in [-0.25, -0.2) is 0 Å². The quantitative estimate of drug-likeness (QED) is 0.0279.